The molecule has 19 heavy (non-hydrogen) atoms. The average molecular weight is 268 g/mol. The van der Waals surface area contributed by atoms with E-state index in [0.29, 0.717) is 12.6 Å². The Morgan fingerprint density at radius 1 is 1.53 bits per heavy atom. The quantitative estimate of drug-likeness (QED) is 0.565. The van der Waals surface area contributed by atoms with Crippen molar-refractivity contribution in [3.05, 3.63) is 12.2 Å². The van der Waals surface area contributed by atoms with Gasteiger partial charge in [0.15, 0.2) is 0 Å². The van der Waals surface area contributed by atoms with E-state index in [4.69, 9.17) is 4.74 Å². The zero-order valence-corrected chi connectivity index (χ0v) is 12.6. The molecule has 0 aromatic heterocycles. The maximum Gasteiger partial charge on any atom is 0.310 e. The summed E-state index contributed by atoms with van der Waals surface area (Å²) in [6.45, 7) is 14.3. The van der Waals surface area contributed by atoms with Crippen molar-refractivity contribution in [3.8, 4) is 0 Å². The van der Waals surface area contributed by atoms with E-state index in [2.05, 4.69) is 30.6 Å². The molecule has 1 atom stereocenters. The number of esters is 1. The van der Waals surface area contributed by atoms with Crippen LogP contribution in [0, 0.1) is 5.92 Å². The molecule has 1 saturated heterocycles. The third-order valence-corrected chi connectivity index (χ3v) is 3.33. The van der Waals surface area contributed by atoms with Crippen LogP contribution in [0.25, 0.3) is 0 Å². The molecule has 1 aliphatic heterocycles. The third-order valence-electron chi connectivity index (χ3n) is 3.33. The summed E-state index contributed by atoms with van der Waals surface area (Å²) in [6, 6.07) is 0.477. The maximum atomic E-state index is 11.8. The van der Waals surface area contributed by atoms with Crippen molar-refractivity contribution >= 4 is 5.97 Å². The predicted octanol–water partition coefficient (Wildman–Crippen LogP) is 1.82. The van der Waals surface area contributed by atoms with Crippen LogP contribution in [0.15, 0.2) is 12.2 Å². The molecule has 4 heteroatoms. The lowest BCUT2D eigenvalue weighted by atomic mass is 9.98. The first-order chi connectivity index (χ1) is 9.02. The van der Waals surface area contributed by atoms with Gasteiger partial charge in [-0.1, -0.05) is 20.4 Å². The number of carbonyl (C=O) groups excluding carboxylic acids is 1. The molecule has 0 aliphatic carbocycles. The normalized spacial score (nSPS) is 20.5. The zero-order valence-electron chi connectivity index (χ0n) is 12.6. The van der Waals surface area contributed by atoms with E-state index in [0.717, 1.165) is 39.0 Å². The topological polar surface area (TPSA) is 41.6 Å². The lowest BCUT2D eigenvalue weighted by Gasteiger charge is -2.32. The van der Waals surface area contributed by atoms with Crippen LogP contribution in [0.1, 0.15) is 33.6 Å². The molecular formula is C15H28N2O2. The number of piperidine rings is 1. The Bertz CT molecular complexity index is 303. The predicted molar refractivity (Wildman–Crippen MR) is 78.1 cm³/mol. The van der Waals surface area contributed by atoms with Crippen molar-refractivity contribution < 1.29 is 9.53 Å². The summed E-state index contributed by atoms with van der Waals surface area (Å²) in [5.41, 5.74) is 1.18. The third kappa shape index (κ3) is 6.21. The molecule has 4 nitrogen and oxygen atoms in total. The first-order valence-corrected chi connectivity index (χ1v) is 7.32. The lowest BCUT2D eigenvalue weighted by Crippen LogP contribution is -2.41. The molecule has 1 heterocycles. The summed E-state index contributed by atoms with van der Waals surface area (Å²) in [4.78, 5) is 14.1. The number of rotatable bonds is 7. The van der Waals surface area contributed by atoms with Crippen molar-refractivity contribution in [1.82, 2.24) is 10.2 Å². The first kappa shape index (κ1) is 16.2. The molecule has 1 aliphatic rings. The number of hydrogen-bond donors (Lipinski definition) is 1. The van der Waals surface area contributed by atoms with Gasteiger partial charge in [-0.05, 0) is 31.9 Å². The van der Waals surface area contributed by atoms with Crippen LogP contribution in [0.2, 0.25) is 0 Å². The maximum absolute atomic E-state index is 11.8. The molecule has 0 amide bonds. The van der Waals surface area contributed by atoms with Gasteiger partial charge in [0.2, 0.25) is 0 Å². The van der Waals surface area contributed by atoms with Gasteiger partial charge < -0.3 is 10.1 Å². The molecule has 0 saturated carbocycles. The minimum absolute atomic E-state index is 0.0413. The SMILES string of the molecule is C=C(CNC(C)C)CN1CCCC(C(=O)OCC)C1. The van der Waals surface area contributed by atoms with Crippen LogP contribution in [-0.2, 0) is 9.53 Å². The summed E-state index contributed by atoms with van der Waals surface area (Å²) in [5, 5.41) is 3.37. The average Bonchev–Trinajstić information content (AvgIpc) is 2.37. The van der Waals surface area contributed by atoms with Gasteiger partial charge in [0.1, 0.15) is 0 Å². The molecule has 0 aromatic rings. The van der Waals surface area contributed by atoms with Gasteiger partial charge in [-0.15, -0.1) is 0 Å². The molecule has 0 bridgehead atoms. The lowest BCUT2D eigenvalue weighted by molar-refractivity contribution is -0.149. The van der Waals surface area contributed by atoms with Gasteiger partial charge in [0.05, 0.1) is 12.5 Å². The summed E-state index contributed by atoms with van der Waals surface area (Å²) in [7, 11) is 0. The summed E-state index contributed by atoms with van der Waals surface area (Å²) < 4.78 is 5.11. The van der Waals surface area contributed by atoms with E-state index in [1.165, 1.54) is 5.57 Å². The Kier molecular flexibility index (Phi) is 7.10. The van der Waals surface area contributed by atoms with E-state index in [1.807, 2.05) is 6.92 Å². The zero-order chi connectivity index (χ0) is 14.3. The molecule has 0 aromatic carbocycles. The number of carbonyl (C=O) groups is 1. The smallest absolute Gasteiger partial charge is 0.310 e. The Morgan fingerprint density at radius 2 is 2.26 bits per heavy atom. The summed E-state index contributed by atoms with van der Waals surface area (Å²) in [5.74, 6) is -0.00215. The van der Waals surface area contributed by atoms with E-state index >= 15 is 0 Å². The molecular weight excluding hydrogens is 240 g/mol. The molecule has 0 spiro atoms. The molecule has 1 fully saturated rings. The fourth-order valence-corrected chi connectivity index (χ4v) is 2.37. The van der Waals surface area contributed by atoms with Gasteiger partial charge in [-0.25, -0.2) is 0 Å². The van der Waals surface area contributed by atoms with E-state index < -0.39 is 0 Å². The van der Waals surface area contributed by atoms with Crippen molar-refractivity contribution in [3.63, 3.8) is 0 Å². The van der Waals surface area contributed by atoms with E-state index in [1.54, 1.807) is 0 Å². The number of likely N-dealkylation sites (tertiary alicyclic amines) is 1. The second-order valence-electron chi connectivity index (χ2n) is 5.61. The van der Waals surface area contributed by atoms with E-state index in [-0.39, 0.29) is 11.9 Å². The Labute approximate surface area is 117 Å². The standard InChI is InChI=1S/C15H28N2O2/c1-5-19-15(18)14-7-6-8-17(11-14)10-13(4)9-16-12(2)3/h12,14,16H,4-11H2,1-3H3. The van der Waals surface area contributed by atoms with Gasteiger partial charge in [-0.3, -0.25) is 9.69 Å². The molecule has 1 rings (SSSR count). The fourth-order valence-electron chi connectivity index (χ4n) is 2.37. The van der Waals surface area contributed by atoms with Crippen molar-refractivity contribution in [2.45, 2.75) is 39.7 Å². The second kappa shape index (κ2) is 8.33. The Morgan fingerprint density at radius 3 is 2.89 bits per heavy atom. The largest absolute Gasteiger partial charge is 0.466 e. The first-order valence-electron chi connectivity index (χ1n) is 7.32. The summed E-state index contributed by atoms with van der Waals surface area (Å²) >= 11 is 0. The fraction of sp³-hybridized carbons (Fsp3) is 0.800. The van der Waals surface area contributed by atoms with E-state index in [9.17, 15) is 4.79 Å². The highest BCUT2D eigenvalue weighted by Crippen LogP contribution is 2.18. The van der Waals surface area contributed by atoms with Gasteiger partial charge in [0, 0.05) is 25.7 Å². The Balaban J connectivity index is 2.34. The molecule has 1 N–H and O–H groups in total. The Hall–Kier alpha value is -0.870. The van der Waals surface area contributed by atoms with Crippen LogP contribution < -0.4 is 5.32 Å². The van der Waals surface area contributed by atoms with Crippen LogP contribution in [0.4, 0.5) is 0 Å². The minimum Gasteiger partial charge on any atom is -0.466 e. The van der Waals surface area contributed by atoms with Crippen molar-refractivity contribution in [2.24, 2.45) is 5.92 Å². The monoisotopic (exact) mass is 268 g/mol. The van der Waals surface area contributed by atoms with Crippen LogP contribution in [-0.4, -0.2) is 49.7 Å². The van der Waals surface area contributed by atoms with Crippen LogP contribution in [0.5, 0.6) is 0 Å². The van der Waals surface area contributed by atoms with Crippen molar-refractivity contribution in [2.75, 3.05) is 32.8 Å². The second-order valence-corrected chi connectivity index (χ2v) is 5.61. The highest BCUT2D eigenvalue weighted by Gasteiger charge is 2.26. The van der Waals surface area contributed by atoms with Crippen molar-refractivity contribution in [1.29, 1.82) is 0 Å². The number of hydrogen-bond acceptors (Lipinski definition) is 4. The number of nitrogens with one attached hydrogen (secondary N) is 1. The van der Waals surface area contributed by atoms with Crippen LogP contribution >= 0.6 is 0 Å². The highest BCUT2D eigenvalue weighted by molar-refractivity contribution is 5.72. The highest BCUT2D eigenvalue weighted by atomic mass is 16.5. The van der Waals surface area contributed by atoms with Gasteiger partial charge >= 0.3 is 5.97 Å². The van der Waals surface area contributed by atoms with Crippen LogP contribution in [0.3, 0.4) is 0 Å². The number of nitrogens with zero attached hydrogens (tertiary/aromatic N) is 1. The molecule has 110 valence electrons. The van der Waals surface area contributed by atoms with Gasteiger partial charge in [0.25, 0.3) is 0 Å². The number of ether oxygens (including phenoxy) is 1. The van der Waals surface area contributed by atoms with Gasteiger partial charge in [-0.2, -0.15) is 0 Å². The molecule has 0 radical (unpaired) electrons. The molecule has 1 unspecified atom stereocenters. The summed E-state index contributed by atoms with van der Waals surface area (Å²) in [6.07, 6.45) is 2.01. The minimum atomic E-state index is -0.0434.